The van der Waals surface area contributed by atoms with E-state index in [-0.39, 0.29) is 37.5 Å². The van der Waals surface area contributed by atoms with Crippen LogP contribution in [0.15, 0.2) is 48.5 Å². The van der Waals surface area contributed by atoms with Gasteiger partial charge in [0.15, 0.2) is 11.4 Å². The number of aryl methyl sites for hydroxylation is 1. The van der Waals surface area contributed by atoms with E-state index in [9.17, 15) is 9.18 Å². The molecule has 206 valence electrons. The Labute approximate surface area is 223 Å². The standard InChI is InChI=1S/C29H37FN2O6/c1-20-5-4-6-22(15-20)19-36-29(27(33)31-32-11-13-34-14-12-32)16-24(26-25(17-29)37-28(2,3)38-26)35-18-21-7-9-23(30)10-8-21/h4-10,15,24-26H,11-14,16-19H2,1-3H3,(H,31,33)/t24-,25+,26-,29+/m0/s1. The zero-order chi connectivity index (χ0) is 26.8. The number of hydrogen-bond acceptors (Lipinski definition) is 7. The highest BCUT2D eigenvalue weighted by atomic mass is 19.1. The zero-order valence-electron chi connectivity index (χ0n) is 22.3. The predicted molar refractivity (Wildman–Crippen MR) is 137 cm³/mol. The van der Waals surface area contributed by atoms with Gasteiger partial charge in [-0.05, 0) is 44.0 Å². The number of morpholine rings is 1. The van der Waals surface area contributed by atoms with Crippen molar-refractivity contribution in [2.24, 2.45) is 0 Å². The van der Waals surface area contributed by atoms with Crippen LogP contribution in [0.5, 0.6) is 0 Å². The topological polar surface area (TPSA) is 78.5 Å². The summed E-state index contributed by atoms with van der Waals surface area (Å²) in [5, 5.41) is 1.88. The number of amides is 1. The number of carbonyl (C=O) groups excluding carboxylic acids is 1. The maximum atomic E-state index is 14.0. The predicted octanol–water partition coefficient (Wildman–Crippen LogP) is 3.65. The molecule has 0 radical (unpaired) electrons. The second-order valence-corrected chi connectivity index (χ2v) is 10.8. The summed E-state index contributed by atoms with van der Waals surface area (Å²) in [6.07, 6.45) is -0.619. The van der Waals surface area contributed by atoms with Crippen molar-refractivity contribution in [1.29, 1.82) is 0 Å². The van der Waals surface area contributed by atoms with Crippen molar-refractivity contribution >= 4 is 5.91 Å². The first-order valence-corrected chi connectivity index (χ1v) is 13.3. The Kier molecular flexibility index (Phi) is 8.14. The van der Waals surface area contributed by atoms with Crippen molar-refractivity contribution in [1.82, 2.24) is 10.4 Å². The Hall–Kier alpha value is -2.40. The summed E-state index contributed by atoms with van der Waals surface area (Å²) >= 11 is 0. The fourth-order valence-electron chi connectivity index (χ4n) is 5.44. The number of nitrogens with zero attached hydrogens (tertiary/aromatic N) is 1. The molecule has 2 aromatic carbocycles. The Morgan fingerprint density at radius 1 is 1.05 bits per heavy atom. The number of nitrogens with one attached hydrogen (secondary N) is 1. The molecule has 9 heteroatoms. The van der Waals surface area contributed by atoms with Gasteiger partial charge in [-0.2, -0.15) is 0 Å². The molecule has 0 aromatic heterocycles. The van der Waals surface area contributed by atoms with Gasteiger partial charge in [-0.25, -0.2) is 9.40 Å². The number of hydrazine groups is 1. The summed E-state index contributed by atoms with van der Waals surface area (Å²) in [6.45, 7) is 8.58. The lowest BCUT2D eigenvalue weighted by molar-refractivity contribution is -0.187. The highest BCUT2D eigenvalue weighted by molar-refractivity contribution is 5.85. The van der Waals surface area contributed by atoms with Crippen LogP contribution < -0.4 is 5.43 Å². The molecule has 1 amide bonds. The van der Waals surface area contributed by atoms with Gasteiger partial charge in [0.1, 0.15) is 11.9 Å². The van der Waals surface area contributed by atoms with Crippen molar-refractivity contribution in [2.45, 2.75) is 76.5 Å². The number of ether oxygens (including phenoxy) is 5. The Morgan fingerprint density at radius 3 is 2.55 bits per heavy atom. The number of fused-ring (bicyclic) bond motifs is 1. The van der Waals surface area contributed by atoms with Crippen LogP contribution in [0.25, 0.3) is 0 Å². The van der Waals surface area contributed by atoms with Crippen LogP contribution in [-0.2, 0) is 41.7 Å². The molecule has 2 saturated heterocycles. The van der Waals surface area contributed by atoms with Crippen LogP contribution >= 0.6 is 0 Å². The van der Waals surface area contributed by atoms with Crippen molar-refractivity contribution in [3.63, 3.8) is 0 Å². The molecular weight excluding hydrogens is 491 g/mol. The summed E-state index contributed by atoms with van der Waals surface area (Å²) in [5.74, 6) is -1.35. The van der Waals surface area contributed by atoms with Crippen LogP contribution in [0.4, 0.5) is 4.39 Å². The Morgan fingerprint density at radius 2 is 1.82 bits per heavy atom. The van der Waals surface area contributed by atoms with E-state index < -0.39 is 23.6 Å². The van der Waals surface area contributed by atoms with Crippen molar-refractivity contribution in [2.75, 3.05) is 26.3 Å². The lowest BCUT2D eigenvalue weighted by Gasteiger charge is -2.44. The van der Waals surface area contributed by atoms with Crippen molar-refractivity contribution in [3.8, 4) is 0 Å². The minimum atomic E-state index is -1.21. The Balaban J connectivity index is 1.40. The molecule has 2 heterocycles. The van der Waals surface area contributed by atoms with Crippen LogP contribution in [0.1, 0.15) is 43.4 Å². The summed E-state index contributed by atoms with van der Waals surface area (Å²) in [6, 6.07) is 14.3. The van der Waals surface area contributed by atoms with E-state index in [1.807, 2.05) is 44.0 Å². The third-order valence-electron chi connectivity index (χ3n) is 7.31. The number of carbonyl (C=O) groups is 1. The first kappa shape index (κ1) is 27.2. The second kappa shape index (κ2) is 11.4. The molecule has 0 unspecified atom stereocenters. The highest BCUT2D eigenvalue weighted by Gasteiger charge is 2.58. The molecule has 3 fully saturated rings. The summed E-state index contributed by atoms with van der Waals surface area (Å²) in [7, 11) is 0. The van der Waals surface area contributed by atoms with Gasteiger partial charge in [0.2, 0.25) is 0 Å². The van der Waals surface area contributed by atoms with Gasteiger partial charge in [-0.1, -0.05) is 42.0 Å². The average Bonchev–Trinajstić information content (AvgIpc) is 3.21. The maximum Gasteiger partial charge on any atom is 0.266 e. The Bertz CT molecular complexity index is 1110. The average molecular weight is 529 g/mol. The smallest absolute Gasteiger partial charge is 0.266 e. The molecule has 1 aliphatic carbocycles. The number of hydrogen-bond donors (Lipinski definition) is 1. The quantitative estimate of drug-likeness (QED) is 0.561. The molecule has 0 bridgehead atoms. The van der Waals surface area contributed by atoms with Gasteiger partial charge in [0.25, 0.3) is 5.91 Å². The number of rotatable bonds is 8. The molecule has 2 aromatic rings. The lowest BCUT2D eigenvalue weighted by Crippen LogP contribution is -2.63. The third-order valence-corrected chi connectivity index (χ3v) is 7.31. The minimum Gasteiger partial charge on any atom is -0.379 e. The summed E-state index contributed by atoms with van der Waals surface area (Å²) in [5.41, 5.74) is 4.80. The van der Waals surface area contributed by atoms with Gasteiger partial charge in [-0.15, -0.1) is 0 Å². The maximum absolute atomic E-state index is 14.0. The van der Waals surface area contributed by atoms with Gasteiger partial charge in [0, 0.05) is 25.9 Å². The molecule has 4 atom stereocenters. The first-order valence-electron chi connectivity index (χ1n) is 13.3. The molecule has 38 heavy (non-hydrogen) atoms. The van der Waals surface area contributed by atoms with Crippen LogP contribution in [0.2, 0.25) is 0 Å². The lowest BCUT2D eigenvalue weighted by atomic mass is 9.78. The second-order valence-electron chi connectivity index (χ2n) is 10.8. The SMILES string of the molecule is Cc1cccc(CO[C@]2(C(=O)NN3CCOCC3)C[C@H](OCc3ccc(F)cc3)[C@@H]3OC(C)(C)O[C@@H]3C2)c1. The van der Waals surface area contributed by atoms with Gasteiger partial charge in [-0.3, -0.25) is 10.2 Å². The molecule has 0 spiro atoms. The summed E-state index contributed by atoms with van der Waals surface area (Å²) < 4.78 is 44.3. The fraction of sp³-hybridized carbons (Fsp3) is 0.552. The van der Waals surface area contributed by atoms with E-state index in [2.05, 4.69) is 11.5 Å². The van der Waals surface area contributed by atoms with Gasteiger partial charge >= 0.3 is 0 Å². The largest absolute Gasteiger partial charge is 0.379 e. The van der Waals surface area contributed by atoms with Gasteiger partial charge < -0.3 is 23.7 Å². The summed E-state index contributed by atoms with van der Waals surface area (Å²) in [4.78, 5) is 14.0. The number of halogens is 1. The van der Waals surface area contributed by atoms with Crippen LogP contribution in [-0.4, -0.2) is 66.9 Å². The molecule has 5 rings (SSSR count). The molecule has 1 N–H and O–H groups in total. The molecule has 8 nitrogen and oxygen atoms in total. The van der Waals surface area contributed by atoms with E-state index >= 15 is 0 Å². The molecule has 2 aliphatic heterocycles. The van der Waals surface area contributed by atoms with E-state index in [1.54, 1.807) is 12.1 Å². The van der Waals surface area contributed by atoms with Crippen LogP contribution in [0, 0.1) is 12.7 Å². The van der Waals surface area contributed by atoms with Crippen LogP contribution in [0.3, 0.4) is 0 Å². The highest BCUT2D eigenvalue weighted by Crippen LogP contribution is 2.44. The van der Waals surface area contributed by atoms with E-state index in [4.69, 9.17) is 23.7 Å². The third kappa shape index (κ3) is 6.42. The van der Waals surface area contributed by atoms with E-state index in [1.165, 1.54) is 12.1 Å². The van der Waals surface area contributed by atoms with E-state index in [0.29, 0.717) is 32.7 Å². The molecular formula is C29H37FN2O6. The van der Waals surface area contributed by atoms with Crippen molar-refractivity contribution < 1.29 is 32.9 Å². The molecule has 3 aliphatic rings. The zero-order valence-corrected chi connectivity index (χ0v) is 22.3. The minimum absolute atomic E-state index is 0.228. The van der Waals surface area contributed by atoms with E-state index in [0.717, 1.165) is 16.7 Å². The normalized spacial score (nSPS) is 29.1. The fourth-order valence-corrected chi connectivity index (χ4v) is 5.44. The number of benzene rings is 2. The molecule has 1 saturated carbocycles. The monoisotopic (exact) mass is 528 g/mol. The van der Waals surface area contributed by atoms with Crippen molar-refractivity contribution in [3.05, 3.63) is 71.0 Å². The first-order chi connectivity index (χ1) is 18.2. The van der Waals surface area contributed by atoms with Gasteiger partial charge in [0.05, 0.1) is 38.6 Å².